The minimum absolute atomic E-state index is 0. The summed E-state index contributed by atoms with van der Waals surface area (Å²) in [5, 5.41) is 6.31. The smallest absolute Gasteiger partial charge is 0.407 e. The Bertz CT molecular complexity index is 580. The van der Waals surface area contributed by atoms with Crippen LogP contribution < -0.4 is 10.6 Å². The Hall–Kier alpha value is -0.550. The first-order valence-electron chi connectivity index (χ1n) is 8.12. The van der Waals surface area contributed by atoms with Gasteiger partial charge in [0.2, 0.25) is 0 Å². The summed E-state index contributed by atoms with van der Waals surface area (Å²) in [6.07, 6.45) is 1.95. The van der Waals surface area contributed by atoms with Gasteiger partial charge >= 0.3 is 6.09 Å². The van der Waals surface area contributed by atoms with Crippen LogP contribution in [-0.2, 0) is 11.3 Å². The summed E-state index contributed by atoms with van der Waals surface area (Å²) >= 11 is 5.20. The molecular weight excluding hydrogens is 519 g/mol. The molecule has 1 aliphatic carbocycles. The first kappa shape index (κ1) is 22.5. The molecule has 1 unspecified atom stereocenters. The fraction of sp³-hybridized carbons (Fsp3) is 0.625. The lowest BCUT2D eigenvalue weighted by Crippen LogP contribution is -2.48. The van der Waals surface area contributed by atoms with E-state index in [0.717, 1.165) is 29.1 Å². The van der Waals surface area contributed by atoms with Crippen molar-refractivity contribution in [2.45, 2.75) is 32.4 Å². The SMILES string of the molecule is CCOC(=O)NC(CNC(=NC)N(C)Cc1ccc(Br)s1)C1CC1.I. The summed E-state index contributed by atoms with van der Waals surface area (Å²) in [7, 11) is 3.78. The molecule has 1 amide bonds. The molecule has 25 heavy (non-hydrogen) atoms. The molecule has 0 aromatic carbocycles. The van der Waals surface area contributed by atoms with Gasteiger partial charge in [0, 0.05) is 25.5 Å². The van der Waals surface area contributed by atoms with E-state index in [1.54, 1.807) is 18.4 Å². The molecule has 0 aliphatic heterocycles. The van der Waals surface area contributed by atoms with E-state index in [0.29, 0.717) is 19.1 Å². The van der Waals surface area contributed by atoms with E-state index in [1.807, 2.05) is 14.0 Å². The van der Waals surface area contributed by atoms with Gasteiger partial charge in [-0.2, -0.15) is 0 Å². The Morgan fingerprint density at radius 2 is 2.24 bits per heavy atom. The van der Waals surface area contributed by atoms with Crippen molar-refractivity contribution in [1.29, 1.82) is 0 Å². The van der Waals surface area contributed by atoms with E-state index in [1.165, 1.54) is 4.88 Å². The Kier molecular flexibility index (Phi) is 10.1. The number of carbonyl (C=O) groups excluding carboxylic acids is 1. The molecule has 0 radical (unpaired) electrons. The predicted octanol–water partition coefficient (Wildman–Crippen LogP) is 3.66. The van der Waals surface area contributed by atoms with E-state index < -0.39 is 0 Å². The number of amides is 1. The lowest BCUT2D eigenvalue weighted by molar-refractivity contribution is 0.146. The standard InChI is InChI=1S/C16H25BrN4O2S.HI/c1-4-23-16(22)20-13(11-5-6-11)9-19-15(18-2)21(3)10-12-7-8-14(17)24-12;/h7-8,11,13H,4-6,9-10H2,1-3H3,(H,18,19)(H,20,22);1H. The second-order valence-electron chi connectivity index (χ2n) is 5.80. The zero-order valence-corrected chi connectivity index (χ0v) is 19.5. The normalized spacial score (nSPS) is 15.1. The Morgan fingerprint density at radius 1 is 1.52 bits per heavy atom. The maximum atomic E-state index is 11.7. The maximum Gasteiger partial charge on any atom is 0.407 e. The number of hydrogen-bond donors (Lipinski definition) is 2. The van der Waals surface area contributed by atoms with Crippen molar-refractivity contribution >= 4 is 63.3 Å². The third-order valence-electron chi connectivity index (χ3n) is 3.85. The Labute approximate surface area is 178 Å². The first-order chi connectivity index (χ1) is 11.5. The summed E-state index contributed by atoms with van der Waals surface area (Å²) in [5.41, 5.74) is 0. The van der Waals surface area contributed by atoms with Gasteiger partial charge in [-0.15, -0.1) is 35.3 Å². The van der Waals surface area contributed by atoms with Gasteiger partial charge in [0.05, 0.1) is 23.0 Å². The Morgan fingerprint density at radius 3 is 2.76 bits per heavy atom. The number of alkyl carbamates (subject to hydrolysis) is 1. The summed E-state index contributed by atoms with van der Waals surface area (Å²) < 4.78 is 6.12. The zero-order valence-electron chi connectivity index (χ0n) is 14.8. The van der Waals surface area contributed by atoms with Crippen molar-refractivity contribution in [3.63, 3.8) is 0 Å². The van der Waals surface area contributed by atoms with Crippen LogP contribution >= 0.6 is 51.2 Å². The van der Waals surface area contributed by atoms with Crippen molar-refractivity contribution in [3.8, 4) is 0 Å². The molecule has 142 valence electrons. The van der Waals surface area contributed by atoms with Crippen molar-refractivity contribution < 1.29 is 9.53 Å². The highest BCUT2D eigenvalue weighted by atomic mass is 127. The molecule has 0 saturated heterocycles. The number of halogens is 2. The van der Waals surface area contributed by atoms with Gasteiger partial charge in [-0.25, -0.2) is 4.79 Å². The minimum Gasteiger partial charge on any atom is -0.450 e. The molecular formula is C16H26BrIN4O2S. The summed E-state index contributed by atoms with van der Waals surface area (Å²) in [4.78, 5) is 19.3. The third kappa shape index (κ3) is 7.69. The highest BCUT2D eigenvalue weighted by Crippen LogP contribution is 2.32. The van der Waals surface area contributed by atoms with Crippen LogP contribution in [0.2, 0.25) is 0 Å². The maximum absolute atomic E-state index is 11.7. The number of hydrogen-bond acceptors (Lipinski definition) is 4. The number of ether oxygens (including phenoxy) is 1. The number of aliphatic imine (C=N–C) groups is 1. The minimum atomic E-state index is -0.344. The molecule has 1 aromatic rings. The van der Waals surface area contributed by atoms with Crippen molar-refractivity contribution in [2.24, 2.45) is 10.9 Å². The van der Waals surface area contributed by atoms with Crippen LogP contribution in [-0.4, -0.2) is 50.2 Å². The van der Waals surface area contributed by atoms with Gasteiger partial charge in [-0.1, -0.05) is 0 Å². The van der Waals surface area contributed by atoms with Gasteiger partial charge < -0.3 is 20.3 Å². The quantitative estimate of drug-likeness (QED) is 0.312. The molecule has 2 rings (SSSR count). The summed E-state index contributed by atoms with van der Waals surface area (Å²) in [6, 6.07) is 4.23. The van der Waals surface area contributed by atoms with Crippen LogP contribution in [0.4, 0.5) is 4.79 Å². The molecule has 1 aromatic heterocycles. The van der Waals surface area contributed by atoms with Crippen LogP contribution in [0.15, 0.2) is 20.9 Å². The van der Waals surface area contributed by atoms with Gasteiger partial charge in [0.1, 0.15) is 0 Å². The van der Waals surface area contributed by atoms with E-state index in [9.17, 15) is 4.79 Å². The fourth-order valence-electron chi connectivity index (χ4n) is 2.49. The van der Waals surface area contributed by atoms with E-state index in [-0.39, 0.29) is 36.1 Å². The fourth-order valence-corrected chi connectivity index (χ4v) is 4.03. The molecule has 9 heteroatoms. The topological polar surface area (TPSA) is 66.0 Å². The summed E-state index contributed by atoms with van der Waals surface area (Å²) in [5.74, 6) is 1.34. The highest BCUT2D eigenvalue weighted by Gasteiger charge is 2.32. The highest BCUT2D eigenvalue weighted by molar-refractivity contribution is 14.0. The van der Waals surface area contributed by atoms with E-state index >= 15 is 0 Å². The molecule has 0 spiro atoms. The van der Waals surface area contributed by atoms with Crippen LogP contribution in [0.1, 0.15) is 24.6 Å². The second-order valence-corrected chi connectivity index (χ2v) is 8.35. The number of nitrogens with one attached hydrogen (secondary N) is 2. The molecule has 2 N–H and O–H groups in total. The molecule has 1 aliphatic rings. The molecule has 1 heterocycles. The van der Waals surface area contributed by atoms with E-state index in [2.05, 4.69) is 48.6 Å². The number of nitrogens with zero attached hydrogens (tertiary/aromatic N) is 2. The first-order valence-corrected chi connectivity index (χ1v) is 9.73. The zero-order chi connectivity index (χ0) is 17.5. The van der Waals surface area contributed by atoms with Crippen molar-refractivity contribution in [1.82, 2.24) is 15.5 Å². The average molecular weight is 545 g/mol. The number of thiophene rings is 1. The van der Waals surface area contributed by atoms with Gasteiger partial charge in [0.25, 0.3) is 0 Å². The largest absolute Gasteiger partial charge is 0.450 e. The molecule has 1 saturated carbocycles. The molecule has 1 atom stereocenters. The molecule has 1 fully saturated rings. The van der Waals surface area contributed by atoms with E-state index in [4.69, 9.17) is 4.74 Å². The third-order valence-corrected chi connectivity index (χ3v) is 5.45. The van der Waals surface area contributed by atoms with Gasteiger partial charge in [-0.3, -0.25) is 4.99 Å². The van der Waals surface area contributed by atoms with Crippen molar-refractivity contribution in [3.05, 3.63) is 20.8 Å². The second kappa shape index (κ2) is 11.2. The summed E-state index contributed by atoms with van der Waals surface area (Å²) in [6.45, 7) is 3.63. The lowest BCUT2D eigenvalue weighted by Gasteiger charge is -2.24. The monoisotopic (exact) mass is 544 g/mol. The lowest BCUT2D eigenvalue weighted by atomic mass is 10.2. The molecule has 6 nitrogen and oxygen atoms in total. The van der Waals surface area contributed by atoms with Crippen molar-refractivity contribution in [2.75, 3.05) is 27.2 Å². The van der Waals surface area contributed by atoms with Crippen LogP contribution in [0.5, 0.6) is 0 Å². The van der Waals surface area contributed by atoms with Crippen LogP contribution in [0.3, 0.4) is 0 Å². The van der Waals surface area contributed by atoms with Crippen LogP contribution in [0, 0.1) is 5.92 Å². The van der Waals surface area contributed by atoms with Gasteiger partial charge in [0.15, 0.2) is 5.96 Å². The Balaban J connectivity index is 0.00000312. The average Bonchev–Trinajstić information content (AvgIpc) is 3.30. The van der Waals surface area contributed by atoms with Gasteiger partial charge in [-0.05, 0) is 53.7 Å². The number of rotatable bonds is 7. The predicted molar refractivity (Wildman–Crippen MR) is 117 cm³/mol. The molecule has 0 bridgehead atoms. The number of guanidine groups is 1. The van der Waals surface area contributed by atoms with Crippen LogP contribution in [0.25, 0.3) is 0 Å². The number of carbonyl (C=O) groups is 1.